The molecule has 2 N–H and O–H groups in total. The van der Waals surface area contributed by atoms with Crippen molar-refractivity contribution in [1.82, 2.24) is 9.88 Å². The summed E-state index contributed by atoms with van der Waals surface area (Å²) in [5.74, 6) is -0.377. The number of sulfone groups is 1. The largest absolute Gasteiger partial charge is 0.378 e. The topological polar surface area (TPSA) is 109 Å². The molecule has 9 heteroatoms. The van der Waals surface area contributed by atoms with Gasteiger partial charge in [0.1, 0.15) is 0 Å². The molecule has 3 aromatic rings. The molecule has 0 bridgehead atoms. The third kappa shape index (κ3) is 5.10. The Morgan fingerprint density at radius 3 is 2.54 bits per heavy atom. The number of rotatable bonds is 6. The number of anilines is 1. The molecular weight excluding hydrogens is 490 g/mol. The second-order valence-corrected chi connectivity index (χ2v) is 11.4. The number of benzene rings is 2. The van der Waals surface area contributed by atoms with E-state index in [1.165, 1.54) is 6.07 Å². The number of ether oxygens (including phenoxy) is 1. The summed E-state index contributed by atoms with van der Waals surface area (Å²) in [4.78, 5) is 31.0. The van der Waals surface area contributed by atoms with Crippen molar-refractivity contribution in [3.8, 4) is 0 Å². The molecule has 2 aromatic carbocycles. The SMILES string of the molecule is Cc1[nH]c(C=C2C(=O)Nc3ccc(S(=O)(=O)Cc4ccccc4)cc32)c(C)c1CC(=O)N1CCOCC1. The van der Waals surface area contributed by atoms with Gasteiger partial charge in [-0.1, -0.05) is 30.3 Å². The Hall–Kier alpha value is -3.69. The molecule has 3 heterocycles. The molecule has 192 valence electrons. The standard InChI is InChI=1S/C28H29N3O5S/c1-18-22(16-27(32)31-10-12-36-13-11-31)19(2)29-26(18)15-24-23-14-21(8-9-25(23)30-28(24)33)37(34,35)17-20-6-4-3-5-7-20/h3-9,14-15,29H,10-13,16-17H2,1-2H3,(H,30,33). The Morgan fingerprint density at radius 1 is 1.08 bits per heavy atom. The van der Waals surface area contributed by atoms with Gasteiger partial charge in [-0.25, -0.2) is 8.42 Å². The lowest BCUT2D eigenvalue weighted by Crippen LogP contribution is -2.41. The van der Waals surface area contributed by atoms with Crippen LogP contribution in [0.3, 0.4) is 0 Å². The fourth-order valence-electron chi connectivity index (χ4n) is 4.83. The van der Waals surface area contributed by atoms with E-state index >= 15 is 0 Å². The molecule has 2 aliphatic rings. The normalized spacial score (nSPS) is 16.6. The zero-order chi connectivity index (χ0) is 26.2. The highest BCUT2D eigenvalue weighted by molar-refractivity contribution is 7.90. The molecule has 0 spiro atoms. The Labute approximate surface area is 216 Å². The minimum absolute atomic E-state index is 0.0462. The number of hydrogen-bond donors (Lipinski definition) is 2. The number of H-pyrrole nitrogens is 1. The summed E-state index contributed by atoms with van der Waals surface area (Å²) in [6.45, 7) is 6.10. The van der Waals surface area contributed by atoms with Crippen LogP contribution in [-0.2, 0) is 36.3 Å². The summed E-state index contributed by atoms with van der Waals surface area (Å²) in [5, 5.41) is 2.82. The van der Waals surface area contributed by atoms with Gasteiger partial charge in [-0.3, -0.25) is 9.59 Å². The minimum atomic E-state index is -3.61. The maximum atomic E-state index is 13.1. The molecule has 0 radical (unpaired) electrons. The van der Waals surface area contributed by atoms with Crippen LogP contribution in [0.1, 0.15) is 33.6 Å². The number of hydrogen-bond acceptors (Lipinski definition) is 5. The van der Waals surface area contributed by atoms with Gasteiger partial charge < -0.3 is 19.9 Å². The second kappa shape index (κ2) is 9.99. The third-order valence-corrected chi connectivity index (χ3v) is 8.63. The molecule has 1 saturated heterocycles. The molecule has 1 aromatic heterocycles. The molecule has 5 rings (SSSR count). The van der Waals surface area contributed by atoms with Crippen LogP contribution in [0.4, 0.5) is 5.69 Å². The molecule has 0 aliphatic carbocycles. The van der Waals surface area contributed by atoms with Crippen molar-refractivity contribution >= 4 is 39.0 Å². The van der Waals surface area contributed by atoms with E-state index in [2.05, 4.69) is 10.3 Å². The zero-order valence-electron chi connectivity index (χ0n) is 20.8. The van der Waals surface area contributed by atoms with Crippen molar-refractivity contribution in [2.24, 2.45) is 0 Å². The van der Waals surface area contributed by atoms with E-state index in [4.69, 9.17) is 4.74 Å². The van der Waals surface area contributed by atoms with Gasteiger partial charge in [-0.05, 0) is 54.8 Å². The predicted molar refractivity (Wildman–Crippen MR) is 142 cm³/mol. The van der Waals surface area contributed by atoms with Gasteiger partial charge in [0.15, 0.2) is 9.84 Å². The van der Waals surface area contributed by atoms with Crippen molar-refractivity contribution < 1.29 is 22.7 Å². The third-order valence-electron chi connectivity index (χ3n) is 6.94. The van der Waals surface area contributed by atoms with E-state index in [1.807, 2.05) is 24.8 Å². The highest BCUT2D eigenvalue weighted by Gasteiger charge is 2.28. The fraction of sp³-hybridized carbons (Fsp3) is 0.286. The summed E-state index contributed by atoms with van der Waals surface area (Å²) >= 11 is 0. The minimum Gasteiger partial charge on any atom is -0.378 e. The smallest absolute Gasteiger partial charge is 0.256 e. The first kappa shape index (κ1) is 25.0. The van der Waals surface area contributed by atoms with Crippen molar-refractivity contribution in [2.75, 3.05) is 31.6 Å². The Kier molecular flexibility index (Phi) is 6.74. The average molecular weight is 520 g/mol. The van der Waals surface area contributed by atoms with Gasteiger partial charge in [0.25, 0.3) is 5.91 Å². The lowest BCUT2D eigenvalue weighted by atomic mass is 10.0. The van der Waals surface area contributed by atoms with Crippen LogP contribution >= 0.6 is 0 Å². The van der Waals surface area contributed by atoms with Crippen LogP contribution in [0.25, 0.3) is 11.6 Å². The molecule has 1 fully saturated rings. The molecule has 37 heavy (non-hydrogen) atoms. The Balaban J connectivity index is 1.44. The van der Waals surface area contributed by atoms with E-state index in [0.29, 0.717) is 48.7 Å². The summed E-state index contributed by atoms with van der Waals surface area (Å²) < 4.78 is 31.6. The Bertz CT molecular complexity index is 1500. The van der Waals surface area contributed by atoms with Crippen molar-refractivity contribution in [1.29, 1.82) is 0 Å². The van der Waals surface area contributed by atoms with Gasteiger partial charge in [0.05, 0.1) is 35.9 Å². The number of amides is 2. The lowest BCUT2D eigenvalue weighted by Gasteiger charge is -2.27. The number of aromatic nitrogens is 1. The predicted octanol–water partition coefficient (Wildman–Crippen LogP) is 3.50. The van der Waals surface area contributed by atoms with Crippen LogP contribution in [0.15, 0.2) is 53.4 Å². The Morgan fingerprint density at radius 2 is 1.81 bits per heavy atom. The number of carbonyl (C=O) groups excluding carboxylic acids is 2. The van der Waals surface area contributed by atoms with Gasteiger partial charge in [0.2, 0.25) is 5.91 Å². The maximum absolute atomic E-state index is 13.1. The van der Waals surface area contributed by atoms with E-state index < -0.39 is 9.84 Å². The van der Waals surface area contributed by atoms with Crippen LogP contribution in [0.5, 0.6) is 0 Å². The molecule has 0 atom stereocenters. The molecule has 2 amide bonds. The van der Waals surface area contributed by atoms with E-state index in [-0.39, 0.29) is 28.9 Å². The van der Waals surface area contributed by atoms with Crippen molar-refractivity contribution in [3.05, 3.63) is 82.2 Å². The number of nitrogens with one attached hydrogen (secondary N) is 2. The number of carbonyl (C=O) groups is 2. The summed E-state index contributed by atoms with van der Waals surface area (Å²) in [6.07, 6.45) is 2.00. The van der Waals surface area contributed by atoms with Crippen molar-refractivity contribution in [2.45, 2.75) is 30.9 Å². The van der Waals surface area contributed by atoms with E-state index in [9.17, 15) is 18.0 Å². The lowest BCUT2D eigenvalue weighted by molar-refractivity contribution is -0.134. The summed E-state index contributed by atoms with van der Waals surface area (Å²) in [6, 6.07) is 13.7. The number of aryl methyl sites for hydroxylation is 1. The number of fused-ring (bicyclic) bond motifs is 1. The van der Waals surface area contributed by atoms with Gasteiger partial charge in [-0.2, -0.15) is 0 Å². The van der Waals surface area contributed by atoms with Crippen LogP contribution in [-0.4, -0.2) is 56.4 Å². The average Bonchev–Trinajstić information content (AvgIpc) is 3.34. The summed E-state index contributed by atoms with van der Waals surface area (Å²) in [5.41, 5.74) is 5.56. The fourth-order valence-corrected chi connectivity index (χ4v) is 6.20. The van der Waals surface area contributed by atoms with Crippen LogP contribution in [0, 0.1) is 13.8 Å². The number of morpholine rings is 1. The van der Waals surface area contributed by atoms with Crippen LogP contribution < -0.4 is 5.32 Å². The van der Waals surface area contributed by atoms with Crippen molar-refractivity contribution in [3.63, 3.8) is 0 Å². The van der Waals surface area contributed by atoms with Gasteiger partial charge >= 0.3 is 0 Å². The first-order chi connectivity index (χ1) is 17.7. The highest BCUT2D eigenvalue weighted by Crippen LogP contribution is 2.36. The number of nitrogens with zero attached hydrogens (tertiary/aromatic N) is 1. The van der Waals surface area contributed by atoms with E-state index in [0.717, 1.165) is 22.5 Å². The van der Waals surface area contributed by atoms with Crippen LogP contribution in [0.2, 0.25) is 0 Å². The first-order valence-corrected chi connectivity index (χ1v) is 13.9. The molecule has 0 unspecified atom stereocenters. The monoisotopic (exact) mass is 519 g/mol. The molecule has 8 nitrogen and oxygen atoms in total. The molecular formula is C28H29N3O5S. The molecule has 2 aliphatic heterocycles. The number of aromatic amines is 1. The zero-order valence-corrected chi connectivity index (χ0v) is 21.7. The molecule has 0 saturated carbocycles. The maximum Gasteiger partial charge on any atom is 0.256 e. The van der Waals surface area contributed by atoms with Gasteiger partial charge in [-0.15, -0.1) is 0 Å². The highest BCUT2D eigenvalue weighted by atomic mass is 32.2. The second-order valence-electron chi connectivity index (χ2n) is 9.40. The van der Waals surface area contributed by atoms with E-state index in [1.54, 1.807) is 42.5 Å². The van der Waals surface area contributed by atoms with Gasteiger partial charge in [0, 0.05) is 35.7 Å². The summed E-state index contributed by atoms with van der Waals surface area (Å²) in [7, 11) is -3.61. The first-order valence-electron chi connectivity index (χ1n) is 12.2. The quantitative estimate of drug-likeness (QED) is 0.485.